The fraction of sp³-hybridized carbons (Fsp3) is 0.238. The number of ether oxygens (including phenoxy) is 1. The number of hydrogen-bond acceptors (Lipinski definition) is 5. The zero-order valence-corrected chi connectivity index (χ0v) is 17.4. The molecule has 156 valence electrons. The van der Waals surface area contributed by atoms with Crippen LogP contribution in [0.2, 0.25) is 5.02 Å². The first-order chi connectivity index (χ1) is 14.2. The maximum atomic E-state index is 13.4. The topological polar surface area (TPSA) is 113 Å². The Morgan fingerprint density at radius 2 is 1.83 bits per heavy atom. The van der Waals surface area contributed by atoms with Gasteiger partial charge in [0.05, 0.1) is 33.8 Å². The third-order valence-corrected chi connectivity index (χ3v) is 5.09. The van der Waals surface area contributed by atoms with Crippen LogP contribution in [0.5, 0.6) is 0 Å². The lowest BCUT2D eigenvalue weighted by Gasteiger charge is -2.18. The van der Waals surface area contributed by atoms with Crippen molar-refractivity contribution >= 4 is 34.4 Å². The highest BCUT2D eigenvalue weighted by Crippen LogP contribution is 2.25. The van der Waals surface area contributed by atoms with E-state index in [9.17, 15) is 19.2 Å². The number of hydrogen-bond donors (Lipinski definition) is 1. The summed E-state index contributed by atoms with van der Waals surface area (Å²) in [5, 5.41) is 0.279. The third-order valence-electron chi connectivity index (χ3n) is 4.77. The van der Waals surface area contributed by atoms with Crippen LogP contribution in [0.3, 0.4) is 0 Å². The van der Waals surface area contributed by atoms with Crippen molar-refractivity contribution in [2.45, 2.75) is 27.3 Å². The highest BCUT2D eigenvalue weighted by Gasteiger charge is 2.23. The molecule has 0 saturated heterocycles. The maximum absolute atomic E-state index is 13.4. The van der Waals surface area contributed by atoms with Gasteiger partial charge in [-0.25, -0.2) is 14.2 Å². The van der Waals surface area contributed by atoms with Crippen molar-refractivity contribution in [1.82, 2.24) is 9.13 Å². The van der Waals surface area contributed by atoms with Crippen LogP contribution >= 0.6 is 11.6 Å². The molecule has 0 spiro atoms. The first kappa shape index (κ1) is 21.3. The fourth-order valence-corrected chi connectivity index (χ4v) is 3.76. The number of fused-ring (bicyclic) bond motifs is 1. The van der Waals surface area contributed by atoms with E-state index in [0.29, 0.717) is 11.1 Å². The molecule has 0 saturated carbocycles. The van der Waals surface area contributed by atoms with Crippen LogP contribution in [0.4, 0.5) is 0 Å². The smallest absolute Gasteiger partial charge is 0.338 e. The Morgan fingerprint density at radius 3 is 2.43 bits per heavy atom. The van der Waals surface area contributed by atoms with Gasteiger partial charge in [-0.1, -0.05) is 23.7 Å². The molecular formula is C21H20ClN3O5. The van der Waals surface area contributed by atoms with Crippen molar-refractivity contribution in [1.29, 1.82) is 0 Å². The predicted molar refractivity (Wildman–Crippen MR) is 113 cm³/mol. The number of carbonyl (C=O) groups excluding carboxylic acids is 2. The Hall–Kier alpha value is -3.39. The number of benzene rings is 2. The van der Waals surface area contributed by atoms with Crippen LogP contribution in [-0.2, 0) is 16.1 Å². The summed E-state index contributed by atoms with van der Waals surface area (Å²) in [6.45, 7) is 4.66. The van der Waals surface area contributed by atoms with E-state index >= 15 is 0 Å². The van der Waals surface area contributed by atoms with Gasteiger partial charge in [0.25, 0.3) is 5.56 Å². The normalized spacial score (nSPS) is 10.9. The maximum Gasteiger partial charge on any atom is 0.338 e. The van der Waals surface area contributed by atoms with Gasteiger partial charge in [-0.15, -0.1) is 0 Å². The average Bonchev–Trinajstić information content (AvgIpc) is 2.66. The summed E-state index contributed by atoms with van der Waals surface area (Å²) in [7, 11) is 0. The molecular weight excluding hydrogens is 410 g/mol. The number of aromatic nitrogens is 2. The van der Waals surface area contributed by atoms with Gasteiger partial charge in [-0.3, -0.25) is 14.2 Å². The van der Waals surface area contributed by atoms with Crippen molar-refractivity contribution in [2.75, 3.05) is 6.61 Å². The summed E-state index contributed by atoms with van der Waals surface area (Å²) in [4.78, 5) is 50.8. The van der Waals surface area contributed by atoms with Gasteiger partial charge in [0, 0.05) is 0 Å². The summed E-state index contributed by atoms with van der Waals surface area (Å²) in [5.74, 6) is -1.33. The van der Waals surface area contributed by atoms with Crippen LogP contribution in [0.15, 0.2) is 39.9 Å². The Kier molecular flexibility index (Phi) is 5.80. The molecule has 0 aliphatic rings. The first-order valence-corrected chi connectivity index (χ1v) is 9.56. The molecule has 2 aromatic carbocycles. The number of esters is 1. The number of halogens is 1. The van der Waals surface area contributed by atoms with E-state index in [1.807, 2.05) is 0 Å². The summed E-state index contributed by atoms with van der Waals surface area (Å²) in [6, 6.07) is 7.85. The molecule has 0 fully saturated rings. The Balaban J connectivity index is 2.55. The average molecular weight is 430 g/mol. The standard InChI is InChI=1S/C21H20ClN3O5/c1-4-30-20(28)17-11(2)9-15-18(12(17)3)19(27)25(14-8-6-5-7-13(14)22)21(29)24(15)10-16(23)26/h5-9H,4,10H2,1-3H3,(H2,23,26). The minimum absolute atomic E-state index is 0.101. The van der Waals surface area contributed by atoms with Gasteiger partial charge >= 0.3 is 11.7 Å². The van der Waals surface area contributed by atoms with Crippen LogP contribution in [0.1, 0.15) is 28.4 Å². The summed E-state index contributed by atoms with van der Waals surface area (Å²) in [5.41, 5.74) is 5.37. The van der Waals surface area contributed by atoms with Crippen LogP contribution in [0.25, 0.3) is 16.6 Å². The summed E-state index contributed by atoms with van der Waals surface area (Å²) in [6.07, 6.45) is 0. The molecule has 3 aromatic rings. The minimum Gasteiger partial charge on any atom is -0.462 e. The minimum atomic E-state index is -0.762. The molecule has 30 heavy (non-hydrogen) atoms. The molecule has 3 rings (SSSR count). The van der Waals surface area contributed by atoms with E-state index in [-0.39, 0.29) is 33.8 Å². The van der Waals surface area contributed by atoms with Gasteiger partial charge < -0.3 is 10.5 Å². The van der Waals surface area contributed by atoms with E-state index in [4.69, 9.17) is 22.1 Å². The lowest BCUT2D eigenvalue weighted by atomic mass is 9.98. The molecule has 1 heterocycles. The summed E-state index contributed by atoms with van der Waals surface area (Å²) < 4.78 is 7.11. The highest BCUT2D eigenvalue weighted by molar-refractivity contribution is 6.32. The zero-order valence-electron chi connectivity index (χ0n) is 16.7. The second kappa shape index (κ2) is 8.16. The van der Waals surface area contributed by atoms with E-state index in [1.165, 1.54) is 18.2 Å². The largest absolute Gasteiger partial charge is 0.462 e. The van der Waals surface area contributed by atoms with E-state index in [1.54, 1.807) is 32.9 Å². The molecule has 0 bridgehead atoms. The van der Waals surface area contributed by atoms with Crippen molar-refractivity contribution in [2.24, 2.45) is 5.73 Å². The Labute approximate surface area is 176 Å². The third kappa shape index (κ3) is 3.50. The molecule has 0 atom stereocenters. The van der Waals surface area contributed by atoms with Gasteiger partial charge in [0.2, 0.25) is 5.91 Å². The van der Waals surface area contributed by atoms with Gasteiger partial charge in [-0.2, -0.15) is 0 Å². The molecule has 1 aromatic heterocycles. The molecule has 0 radical (unpaired) electrons. The van der Waals surface area contributed by atoms with Gasteiger partial charge in [0.1, 0.15) is 6.54 Å². The van der Waals surface area contributed by atoms with Gasteiger partial charge in [-0.05, 0) is 50.1 Å². The van der Waals surface area contributed by atoms with Crippen molar-refractivity contribution in [3.05, 3.63) is 72.9 Å². The number of nitrogens with zero attached hydrogens (tertiary/aromatic N) is 2. The Bertz CT molecular complexity index is 1310. The number of aryl methyl sites for hydroxylation is 2. The Morgan fingerprint density at radius 1 is 1.17 bits per heavy atom. The number of nitrogens with two attached hydrogens (primary N) is 1. The second-order valence-electron chi connectivity index (χ2n) is 6.74. The fourth-order valence-electron chi connectivity index (χ4n) is 3.54. The van der Waals surface area contributed by atoms with Crippen molar-refractivity contribution < 1.29 is 14.3 Å². The second-order valence-corrected chi connectivity index (χ2v) is 7.14. The number of para-hydroxylation sites is 1. The van der Waals surface area contributed by atoms with Crippen LogP contribution in [0, 0.1) is 13.8 Å². The molecule has 0 aliphatic carbocycles. The zero-order chi connectivity index (χ0) is 22.2. The molecule has 8 nitrogen and oxygen atoms in total. The van der Waals surface area contributed by atoms with E-state index in [0.717, 1.165) is 9.13 Å². The van der Waals surface area contributed by atoms with Crippen molar-refractivity contribution in [3.63, 3.8) is 0 Å². The number of primary amides is 1. The lowest BCUT2D eigenvalue weighted by Crippen LogP contribution is -2.41. The van der Waals surface area contributed by atoms with Crippen molar-refractivity contribution in [3.8, 4) is 5.69 Å². The molecule has 0 unspecified atom stereocenters. The number of carbonyl (C=O) groups is 2. The lowest BCUT2D eigenvalue weighted by molar-refractivity contribution is -0.118. The predicted octanol–water partition coefficient (Wildman–Crippen LogP) is 2.08. The van der Waals surface area contributed by atoms with E-state index < -0.39 is 29.7 Å². The molecule has 0 aliphatic heterocycles. The quantitative estimate of drug-likeness (QED) is 0.624. The molecule has 2 N–H and O–H groups in total. The summed E-state index contributed by atoms with van der Waals surface area (Å²) >= 11 is 6.23. The number of amides is 1. The first-order valence-electron chi connectivity index (χ1n) is 9.19. The highest BCUT2D eigenvalue weighted by atomic mass is 35.5. The monoisotopic (exact) mass is 429 g/mol. The molecule has 9 heteroatoms. The molecule has 1 amide bonds. The van der Waals surface area contributed by atoms with E-state index in [2.05, 4.69) is 0 Å². The van der Waals surface area contributed by atoms with Gasteiger partial charge in [0.15, 0.2) is 0 Å². The van der Waals surface area contributed by atoms with Crippen LogP contribution in [-0.4, -0.2) is 27.6 Å². The van der Waals surface area contributed by atoms with Crippen LogP contribution < -0.4 is 17.0 Å². The SMILES string of the molecule is CCOC(=O)c1c(C)cc2c(c1C)c(=O)n(-c1ccccc1Cl)c(=O)n2CC(N)=O. The number of rotatable bonds is 5.